The first-order valence-electron chi connectivity index (χ1n) is 9.15. The zero-order chi connectivity index (χ0) is 19.6. The zero-order valence-corrected chi connectivity index (χ0v) is 16.3. The molecule has 0 N–H and O–H groups in total. The average Bonchev–Trinajstić information content (AvgIpc) is 2.71. The van der Waals surface area contributed by atoms with Crippen LogP contribution in [0.1, 0.15) is 53.9 Å². The summed E-state index contributed by atoms with van der Waals surface area (Å²) in [6.07, 6.45) is 1.49. The largest absolute Gasteiger partial charge is 0.481 e. The maximum atomic E-state index is 12.2. The van der Waals surface area contributed by atoms with E-state index in [4.69, 9.17) is 14.2 Å². The number of esters is 1. The van der Waals surface area contributed by atoms with Gasteiger partial charge in [0.2, 0.25) is 5.88 Å². The molecule has 0 fully saturated rings. The van der Waals surface area contributed by atoms with E-state index in [0.717, 1.165) is 35.1 Å². The van der Waals surface area contributed by atoms with E-state index in [2.05, 4.69) is 11.6 Å². The summed E-state index contributed by atoms with van der Waals surface area (Å²) >= 11 is 0. The van der Waals surface area contributed by atoms with E-state index in [1.54, 1.807) is 6.07 Å². The van der Waals surface area contributed by atoms with Crippen LogP contribution < -0.4 is 4.74 Å². The van der Waals surface area contributed by atoms with Gasteiger partial charge in [-0.25, -0.2) is 9.78 Å². The number of allylic oxidation sites excluding steroid dienone is 1. The van der Waals surface area contributed by atoms with Gasteiger partial charge in [0.25, 0.3) is 0 Å². The van der Waals surface area contributed by atoms with Gasteiger partial charge >= 0.3 is 5.97 Å². The fourth-order valence-corrected chi connectivity index (χ4v) is 2.58. The highest BCUT2D eigenvalue weighted by Crippen LogP contribution is 2.29. The maximum absolute atomic E-state index is 12.2. The van der Waals surface area contributed by atoms with Crippen LogP contribution >= 0.6 is 0 Å². The average molecular weight is 369 g/mol. The van der Waals surface area contributed by atoms with Crippen LogP contribution in [0.15, 0.2) is 43.0 Å². The topological polar surface area (TPSA) is 57.7 Å². The lowest BCUT2D eigenvalue weighted by atomic mass is 9.99. The molecule has 1 aromatic carbocycles. The monoisotopic (exact) mass is 369 g/mol. The molecule has 27 heavy (non-hydrogen) atoms. The molecule has 0 saturated carbocycles. The third-order valence-corrected chi connectivity index (χ3v) is 4.09. The number of benzene rings is 1. The van der Waals surface area contributed by atoms with Gasteiger partial charge in [-0.3, -0.25) is 0 Å². The molecular weight excluding hydrogens is 342 g/mol. The number of methoxy groups -OCH3 is 1. The molecule has 0 aliphatic heterocycles. The molecule has 0 unspecified atom stereocenters. The second-order valence-electron chi connectivity index (χ2n) is 6.11. The van der Waals surface area contributed by atoms with Gasteiger partial charge in [-0.2, -0.15) is 0 Å². The van der Waals surface area contributed by atoms with Crippen molar-refractivity contribution in [3.05, 3.63) is 65.4 Å². The Balaban J connectivity index is 2.27. The van der Waals surface area contributed by atoms with Crippen LogP contribution in [-0.2, 0) is 22.7 Å². The first-order valence-corrected chi connectivity index (χ1v) is 9.15. The molecule has 1 aromatic heterocycles. The van der Waals surface area contributed by atoms with E-state index in [9.17, 15) is 4.79 Å². The van der Waals surface area contributed by atoms with Crippen LogP contribution in [0, 0.1) is 0 Å². The highest BCUT2D eigenvalue weighted by molar-refractivity contribution is 5.89. The van der Waals surface area contributed by atoms with Gasteiger partial charge in [0.15, 0.2) is 5.69 Å². The second-order valence-corrected chi connectivity index (χ2v) is 6.11. The minimum Gasteiger partial charge on any atom is -0.481 e. The molecule has 2 aromatic rings. The molecule has 2 rings (SSSR count). The van der Waals surface area contributed by atoms with Crippen LogP contribution in [0.25, 0.3) is 5.57 Å². The summed E-state index contributed by atoms with van der Waals surface area (Å²) in [7, 11) is 1.53. The van der Waals surface area contributed by atoms with E-state index >= 15 is 0 Å². The maximum Gasteiger partial charge on any atom is 0.357 e. The number of carbonyl (C=O) groups is 1. The van der Waals surface area contributed by atoms with Crippen LogP contribution in [0.3, 0.4) is 0 Å². The van der Waals surface area contributed by atoms with Crippen molar-refractivity contribution in [1.82, 2.24) is 4.98 Å². The fraction of sp³-hybridized carbons (Fsp3) is 0.364. The van der Waals surface area contributed by atoms with E-state index in [-0.39, 0.29) is 5.69 Å². The summed E-state index contributed by atoms with van der Waals surface area (Å²) < 4.78 is 16.5. The lowest BCUT2D eigenvalue weighted by Crippen LogP contribution is -2.12. The Kier molecular flexibility index (Phi) is 8.01. The molecule has 0 spiro atoms. The molecule has 1 heterocycles. The summed E-state index contributed by atoms with van der Waals surface area (Å²) in [6.45, 7) is 9.21. The lowest BCUT2D eigenvalue weighted by Gasteiger charge is -2.16. The Bertz CT molecular complexity index is 771. The van der Waals surface area contributed by atoms with Gasteiger partial charge in [0, 0.05) is 5.56 Å². The minimum atomic E-state index is -0.461. The zero-order valence-electron chi connectivity index (χ0n) is 16.3. The number of rotatable bonds is 10. The summed E-state index contributed by atoms with van der Waals surface area (Å²) in [5.41, 5.74) is 3.79. The van der Waals surface area contributed by atoms with Crippen molar-refractivity contribution in [2.45, 2.75) is 39.9 Å². The molecule has 5 nitrogen and oxygen atoms in total. The van der Waals surface area contributed by atoms with Gasteiger partial charge < -0.3 is 14.2 Å². The number of pyridine rings is 1. The van der Waals surface area contributed by atoms with Crippen molar-refractivity contribution in [3.8, 4) is 5.88 Å². The Morgan fingerprint density at radius 2 is 1.89 bits per heavy atom. The normalized spacial score (nSPS) is 10.5. The van der Waals surface area contributed by atoms with Crippen LogP contribution in [0.4, 0.5) is 0 Å². The first kappa shape index (κ1) is 20.6. The summed E-state index contributed by atoms with van der Waals surface area (Å²) in [4.78, 5) is 16.6. The summed E-state index contributed by atoms with van der Waals surface area (Å²) in [5, 5.41) is 0. The quantitative estimate of drug-likeness (QED) is 0.563. The standard InChI is InChI=1S/C22H27NO4/c1-5-12-27-22(24)20-13-18(16(3)6-2)19(21(23-20)25-4)15-26-14-17-10-8-7-9-11-17/h7-11,13H,3,5-6,12,14-15H2,1-2,4H3. The van der Waals surface area contributed by atoms with Crippen LogP contribution in [0.5, 0.6) is 5.88 Å². The van der Waals surface area contributed by atoms with Crippen LogP contribution in [0.2, 0.25) is 0 Å². The number of aromatic nitrogens is 1. The first-order chi connectivity index (χ1) is 13.1. The fourth-order valence-electron chi connectivity index (χ4n) is 2.58. The van der Waals surface area contributed by atoms with Crippen molar-refractivity contribution in [2.75, 3.05) is 13.7 Å². The molecule has 0 radical (unpaired) electrons. The number of hydrogen-bond donors (Lipinski definition) is 0. The number of carbonyl (C=O) groups excluding carboxylic acids is 1. The molecule has 144 valence electrons. The molecule has 0 aliphatic rings. The van der Waals surface area contributed by atoms with Gasteiger partial charge in [-0.1, -0.05) is 50.8 Å². The van der Waals surface area contributed by atoms with Gasteiger partial charge in [-0.15, -0.1) is 0 Å². The number of nitrogens with zero attached hydrogens (tertiary/aromatic N) is 1. The molecule has 0 aliphatic carbocycles. The molecular formula is C22H27NO4. The second kappa shape index (κ2) is 10.5. The molecule has 0 saturated heterocycles. The Morgan fingerprint density at radius 1 is 1.15 bits per heavy atom. The van der Waals surface area contributed by atoms with Crippen LogP contribution in [-0.4, -0.2) is 24.7 Å². The van der Waals surface area contributed by atoms with E-state index < -0.39 is 5.97 Å². The van der Waals surface area contributed by atoms with E-state index in [0.29, 0.717) is 25.7 Å². The third kappa shape index (κ3) is 5.66. The van der Waals surface area contributed by atoms with Gasteiger partial charge in [-0.05, 0) is 35.6 Å². The Hall–Kier alpha value is -2.66. The van der Waals surface area contributed by atoms with Crippen molar-refractivity contribution < 1.29 is 19.0 Å². The SMILES string of the molecule is C=C(CC)c1cc(C(=O)OCCC)nc(OC)c1COCc1ccccc1. The Labute approximate surface area is 161 Å². The molecule has 5 heteroatoms. The predicted molar refractivity (Wildman–Crippen MR) is 106 cm³/mol. The molecule has 0 atom stereocenters. The van der Waals surface area contributed by atoms with Gasteiger partial charge in [0.05, 0.1) is 26.9 Å². The highest BCUT2D eigenvalue weighted by atomic mass is 16.5. The smallest absolute Gasteiger partial charge is 0.357 e. The van der Waals surface area contributed by atoms with Crippen molar-refractivity contribution >= 4 is 11.5 Å². The van der Waals surface area contributed by atoms with Crippen molar-refractivity contribution in [2.24, 2.45) is 0 Å². The van der Waals surface area contributed by atoms with Gasteiger partial charge in [0.1, 0.15) is 0 Å². The molecule has 0 bridgehead atoms. The van der Waals surface area contributed by atoms with E-state index in [1.165, 1.54) is 7.11 Å². The third-order valence-electron chi connectivity index (χ3n) is 4.09. The highest BCUT2D eigenvalue weighted by Gasteiger charge is 2.19. The summed E-state index contributed by atoms with van der Waals surface area (Å²) in [6, 6.07) is 11.6. The predicted octanol–water partition coefficient (Wildman–Crippen LogP) is 4.80. The number of ether oxygens (including phenoxy) is 3. The van der Waals surface area contributed by atoms with Crippen molar-refractivity contribution in [3.63, 3.8) is 0 Å². The number of hydrogen-bond acceptors (Lipinski definition) is 5. The minimum absolute atomic E-state index is 0.219. The van der Waals surface area contributed by atoms with E-state index in [1.807, 2.05) is 44.2 Å². The summed E-state index contributed by atoms with van der Waals surface area (Å²) in [5.74, 6) is -0.101. The Morgan fingerprint density at radius 3 is 2.52 bits per heavy atom. The lowest BCUT2D eigenvalue weighted by molar-refractivity contribution is 0.0496. The molecule has 0 amide bonds. The van der Waals surface area contributed by atoms with Crippen molar-refractivity contribution in [1.29, 1.82) is 0 Å².